The number of halogens is 1. The Bertz CT molecular complexity index is 1060. The van der Waals surface area contributed by atoms with Crippen LogP contribution in [0.15, 0.2) is 59.7 Å². The molecule has 1 aliphatic heterocycles. The summed E-state index contributed by atoms with van der Waals surface area (Å²) in [6.07, 6.45) is 0. The van der Waals surface area contributed by atoms with Gasteiger partial charge in [0.1, 0.15) is 28.2 Å². The Balaban J connectivity index is 1.57. The Hall–Kier alpha value is -3.19. The fourth-order valence-electron chi connectivity index (χ4n) is 3.17. The number of hydrogen-bond donors (Lipinski definition) is 2. The fraction of sp³-hybridized carbons (Fsp3) is 0.143. The summed E-state index contributed by atoms with van der Waals surface area (Å²) in [6.45, 7) is 0.699. The molecule has 0 spiro atoms. The molecule has 4 rings (SSSR count). The Kier molecular flexibility index (Phi) is 4.83. The second kappa shape index (κ2) is 7.44. The average molecular weight is 395 g/mol. The monoisotopic (exact) mass is 395 g/mol. The SMILES string of the molecule is COc1ccccc1CN1CC(O)=C(c2nc(-c3ccc(F)cc3)cs2)C1=N. The Labute approximate surface area is 165 Å². The Morgan fingerprint density at radius 3 is 2.71 bits per heavy atom. The van der Waals surface area contributed by atoms with Crippen molar-refractivity contribution in [2.45, 2.75) is 6.54 Å². The molecule has 0 bridgehead atoms. The number of amidine groups is 1. The van der Waals surface area contributed by atoms with Crippen LogP contribution in [0, 0.1) is 11.2 Å². The molecule has 0 atom stereocenters. The van der Waals surface area contributed by atoms with Crippen molar-refractivity contribution >= 4 is 22.7 Å². The molecule has 0 saturated carbocycles. The van der Waals surface area contributed by atoms with Gasteiger partial charge in [-0.1, -0.05) is 18.2 Å². The van der Waals surface area contributed by atoms with E-state index in [0.29, 0.717) is 22.8 Å². The Morgan fingerprint density at radius 1 is 1.21 bits per heavy atom. The van der Waals surface area contributed by atoms with E-state index < -0.39 is 0 Å². The number of thiazole rings is 1. The molecule has 3 aromatic rings. The van der Waals surface area contributed by atoms with Crippen LogP contribution in [0.3, 0.4) is 0 Å². The van der Waals surface area contributed by atoms with Crippen LogP contribution in [0.4, 0.5) is 4.39 Å². The quantitative estimate of drug-likeness (QED) is 0.656. The molecule has 28 heavy (non-hydrogen) atoms. The van der Waals surface area contributed by atoms with E-state index in [1.54, 1.807) is 24.1 Å². The first-order valence-corrected chi connectivity index (χ1v) is 9.54. The van der Waals surface area contributed by atoms with Crippen LogP contribution < -0.4 is 4.74 Å². The van der Waals surface area contributed by atoms with E-state index in [2.05, 4.69) is 4.98 Å². The smallest absolute Gasteiger partial charge is 0.135 e. The van der Waals surface area contributed by atoms with Crippen molar-refractivity contribution in [3.8, 4) is 17.0 Å². The summed E-state index contributed by atoms with van der Waals surface area (Å²) in [6, 6.07) is 13.7. The van der Waals surface area contributed by atoms with Crippen molar-refractivity contribution in [3.05, 3.63) is 76.1 Å². The molecular weight excluding hydrogens is 377 g/mol. The van der Waals surface area contributed by atoms with E-state index in [1.165, 1.54) is 23.5 Å². The number of nitrogens with one attached hydrogen (secondary N) is 1. The number of nitrogens with zero attached hydrogens (tertiary/aromatic N) is 2. The first kappa shape index (κ1) is 18.2. The number of methoxy groups -OCH3 is 1. The van der Waals surface area contributed by atoms with E-state index in [1.807, 2.05) is 29.6 Å². The minimum Gasteiger partial charge on any atom is -0.510 e. The molecule has 2 heterocycles. The maximum Gasteiger partial charge on any atom is 0.135 e. The standard InChI is InChI=1S/C21H18FN3O2S/c1-27-18-5-3-2-4-14(18)10-25-11-17(26)19(20(25)23)21-24-16(12-28-21)13-6-8-15(22)9-7-13/h2-9,12,23,26H,10-11H2,1H3. The number of benzene rings is 2. The lowest BCUT2D eigenvalue weighted by Gasteiger charge is -2.20. The van der Waals surface area contributed by atoms with Gasteiger partial charge in [0.15, 0.2) is 0 Å². The van der Waals surface area contributed by atoms with Gasteiger partial charge in [0.2, 0.25) is 0 Å². The van der Waals surface area contributed by atoms with Crippen LogP contribution in [0.5, 0.6) is 5.75 Å². The molecule has 0 saturated heterocycles. The third-order valence-corrected chi connectivity index (χ3v) is 5.45. The van der Waals surface area contributed by atoms with Crippen LogP contribution >= 0.6 is 11.3 Å². The van der Waals surface area contributed by atoms with E-state index in [4.69, 9.17) is 10.1 Å². The maximum atomic E-state index is 13.1. The normalized spacial score (nSPS) is 14.1. The van der Waals surface area contributed by atoms with Crippen LogP contribution in [0.2, 0.25) is 0 Å². The largest absolute Gasteiger partial charge is 0.510 e. The van der Waals surface area contributed by atoms with Crippen LogP contribution in [-0.2, 0) is 6.54 Å². The number of ether oxygens (including phenoxy) is 1. The van der Waals surface area contributed by atoms with E-state index in [9.17, 15) is 9.50 Å². The van der Waals surface area contributed by atoms with Gasteiger partial charge in [-0.3, -0.25) is 5.41 Å². The third-order valence-electron chi connectivity index (χ3n) is 4.59. The van der Waals surface area contributed by atoms with Crippen molar-refractivity contribution in [1.82, 2.24) is 9.88 Å². The molecule has 1 aromatic heterocycles. The molecule has 0 aliphatic carbocycles. The molecule has 1 aliphatic rings. The van der Waals surface area contributed by atoms with Crippen molar-refractivity contribution in [2.24, 2.45) is 0 Å². The van der Waals surface area contributed by atoms with Gasteiger partial charge in [-0.05, 0) is 30.3 Å². The average Bonchev–Trinajstić information content (AvgIpc) is 3.27. The number of aliphatic hydroxyl groups is 1. The van der Waals surface area contributed by atoms with E-state index in [0.717, 1.165) is 16.9 Å². The molecule has 5 nitrogen and oxygen atoms in total. The second-order valence-electron chi connectivity index (χ2n) is 6.38. The van der Waals surface area contributed by atoms with Crippen molar-refractivity contribution in [3.63, 3.8) is 0 Å². The third kappa shape index (κ3) is 3.36. The topological polar surface area (TPSA) is 69.4 Å². The molecule has 2 N–H and O–H groups in total. The Morgan fingerprint density at radius 2 is 1.96 bits per heavy atom. The lowest BCUT2D eigenvalue weighted by molar-refractivity contribution is 0.341. The molecule has 0 fully saturated rings. The minimum atomic E-state index is -0.302. The molecule has 142 valence electrons. The predicted octanol–water partition coefficient (Wildman–Crippen LogP) is 4.72. The number of aliphatic hydroxyl groups excluding tert-OH is 1. The van der Waals surface area contributed by atoms with Gasteiger partial charge in [-0.25, -0.2) is 9.37 Å². The van der Waals surface area contributed by atoms with E-state index >= 15 is 0 Å². The highest BCUT2D eigenvalue weighted by molar-refractivity contribution is 7.11. The lowest BCUT2D eigenvalue weighted by atomic mass is 10.1. The van der Waals surface area contributed by atoms with Gasteiger partial charge in [-0.15, -0.1) is 11.3 Å². The summed E-state index contributed by atoms with van der Waals surface area (Å²) in [7, 11) is 1.61. The lowest BCUT2D eigenvalue weighted by Crippen LogP contribution is -2.26. The predicted molar refractivity (Wildman–Crippen MR) is 108 cm³/mol. The van der Waals surface area contributed by atoms with Gasteiger partial charge in [0.05, 0.1) is 24.9 Å². The van der Waals surface area contributed by atoms with Crippen LogP contribution in [0.25, 0.3) is 16.8 Å². The summed E-state index contributed by atoms with van der Waals surface area (Å²) in [5.41, 5.74) is 2.86. The second-order valence-corrected chi connectivity index (χ2v) is 7.24. The molecular formula is C21H18FN3O2S. The zero-order valence-electron chi connectivity index (χ0n) is 15.1. The molecule has 2 aromatic carbocycles. The van der Waals surface area contributed by atoms with Crippen LogP contribution in [-0.4, -0.2) is 34.5 Å². The van der Waals surface area contributed by atoms with Crippen molar-refractivity contribution < 1.29 is 14.2 Å². The van der Waals surface area contributed by atoms with Gasteiger partial charge >= 0.3 is 0 Å². The minimum absolute atomic E-state index is 0.125. The summed E-state index contributed by atoms with van der Waals surface area (Å²) < 4.78 is 18.5. The number of para-hydroxylation sites is 1. The highest BCUT2D eigenvalue weighted by Crippen LogP contribution is 2.33. The van der Waals surface area contributed by atoms with Crippen molar-refractivity contribution in [2.75, 3.05) is 13.7 Å². The van der Waals surface area contributed by atoms with Crippen LogP contribution in [0.1, 0.15) is 10.6 Å². The molecule has 7 heteroatoms. The summed E-state index contributed by atoms with van der Waals surface area (Å²) in [4.78, 5) is 6.33. The zero-order valence-corrected chi connectivity index (χ0v) is 16.0. The first-order chi connectivity index (χ1) is 13.6. The van der Waals surface area contributed by atoms with Gasteiger partial charge < -0.3 is 14.7 Å². The summed E-state index contributed by atoms with van der Waals surface area (Å²) in [5, 5.41) is 21.4. The maximum absolute atomic E-state index is 13.1. The summed E-state index contributed by atoms with van der Waals surface area (Å²) in [5.74, 6) is 0.795. The number of aromatic nitrogens is 1. The zero-order chi connectivity index (χ0) is 19.7. The summed E-state index contributed by atoms with van der Waals surface area (Å²) >= 11 is 1.35. The van der Waals surface area contributed by atoms with E-state index in [-0.39, 0.29) is 24.0 Å². The van der Waals surface area contributed by atoms with Gasteiger partial charge in [0.25, 0.3) is 0 Å². The van der Waals surface area contributed by atoms with Gasteiger partial charge in [0, 0.05) is 23.1 Å². The molecule has 0 unspecified atom stereocenters. The highest BCUT2D eigenvalue weighted by atomic mass is 32.1. The first-order valence-electron chi connectivity index (χ1n) is 8.66. The van der Waals surface area contributed by atoms with Gasteiger partial charge in [-0.2, -0.15) is 0 Å². The number of hydrogen-bond acceptors (Lipinski definition) is 5. The van der Waals surface area contributed by atoms with Crippen molar-refractivity contribution in [1.29, 1.82) is 5.41 Å². The highest BCUT2D eigenvalue weighted by Gasteiger charge is 2.30. The fourth-order valence-corrected chi connectivity index (χ4v) is 4.07. The molecule has 0 radical (unpaired) electrons. The molecule has 0 amide bonds. The number of rotatable bonds is 5.